The topological polar surface area (TPSA) is 66.1 Å². The van der Waals surface area contributed by atoms with Crippen molar-refractivity contribution in [3.8, 4) is 0 Å². The first-order valence-corrected chi connectivity index (χ1v) is 11.1. The van der Waals surface area contributed by atoms with Crippen LogP contribution in [0.4, 0.5) is 8.78 Å². The Morgan fingerprint density at radius 1 is 1.13 bits per heavy atom. The lowest BCUT2D eigenvalue weighted by Gasteiger charge is -2.32. The first kappa shape index (κ1) is 19.4. The van der Waals surface area contributed by atoms with Crippen molar-refractivity contribution in [3.05, 3.63) is 62.0 Å². The van der Waals surface area contributed by atoms with E-state index in [1.54, 1.807) is 16.2 Å². The van der Waals surface area contributed by atoms with Crippen molar-refractivity contribution in [1.29, 1.82) is 0 Å². The highest BCUT2D eigenvalue weighted by atomic mass is 32.1. The summed E-state index contributed by atoms with van der Waals surface area (Å²) in [4.78, 5) is 37.0. The smallest absolute Gasteiger partial charge is 0.259 e. The number of rotatable bonds is 2. The maximum Gasteiger partial charge on any atom is 0.259 e. The molecule has 0 bridgehead atoms. The molecule has 1 aliphatic heterocycles. The molecule has 0 unspecified atom stereocenters. The summed E-state index contributed by atoms with van der Waals surface area (Å²) in [5, 5.41) is 0.720. The van der Waals surface area contributed by atoms with Gasteiger partial charge in [-0.3, -0.25) is 9.59 Å². The molecule has 1 aliphatic carbocycles. The maximum atomic E-state index is 13.5. The van der Waals surface area contributed by atoms with E-state index in [0.29, 0.717) is 18.9 Å². The standard InChI is InChI=1S/C22H21F2N3O2S/c23-14-8-13(9-15(24)10-14)22(29)27-7-3-4-12(11-27)19-25-20(28)18-16-5-1-2-6-17(16)30-21(18)26-19/h8-10,12H,1-7,11H2,(H,25,26,28)/t12-/m0/s1. The average Bonchev–Trinajstić information content (AvgIpc) is 3.11. The van der Waals surface area contributed by atoms with Crippen LogP contribution in [-0.4, -0.2) is 33.9 Å². The van der Waals surface area contributed by atoms with Crippen LogP contribution in [0, 0.1) is 11.6 Å². The Labute approximate surface area is 175 Å². The van der Waals surface area contributed by atoms with Crippen molar-refractivity contribution < 1.29 is 13.6 Å². The highest BCUT2D eigenvalue weighted by molar-refractivity contribution is 7.18. The molecule has 2 aromatic heterocycles. The fourth-order valence-electron chi connectivity index (χ4n) is 4.62. The van der Waals surface area contributed by atoms with E-state index < -0.39 is 17.5 Å². The average molecular weight is 429 g/mol. The summed E-state index contributed by atoms with van der Waals surface area (Å²) in [5.41, 5.74) is 1.04. The van der Waals surface area contributed by atoms with Gasteiger partial charge in [-0.25, -0.2) is 13.8 Å². The number of aromatic amines is 1. The number of fused-ring (bicyclic) bond motifs is 3. The van der Waals surface area contributed by atoms with E-state index in [1.807, 2.05) is 0 Å². The zero-order valence-electron chi connectivity index (χ0n) is 16.3. The van der Waals surface area contributed by atoms with E-state index >= 15 is 0 Å². The first-order valence-electron chi connectivity index (χ1n) is 10.3. The molecule has 0 saturated carbocycles. The van der Waals surface area contributed by atoms with Gasteiger partial charge in [-0.1, -0.05) is 0 Å². The Kier molecular flexibility index (Phi) is 4.89. The molecule has 1 aromatic carbocycles. The third-order valence-electron chi connectivity index (χ3n) is 6.05. The number of carbonyl (C=O) groups excluding carboxylic acids is 1. The van der Waals surface area contributed by atoms with Crippen LogP contribution in [-0.2, 0) is 12.8 Å². The van der Waals surface area contributed by atoms with E-state index in [0.717, 1.165) is 72.5 Å². The molecule has 1 N–H and O–H groups in total. The van der Waals surface area contributed by atoms with Crippen molar-refractivity contribution >= 4 is 27.5 Å². The molecule has 1 atom stereocenters. The number of nitrogens with zero attached hydrogens (tertiary/aromatic N) is 2. The number of halogens is 2. The molecule has 0 radical (unpaired) electrons. The van der Waals surface area contributed by atoms with Gasteiger partial charge >= 0.3 is 0 Å². The Morgan fingerprint density at radius 3 is 2.70 bits per heavy atom. The molecular weight excluding hydrogens is 408 g/mol. The quantitative estimate of drug-likeness (QED) is 0.665. The van der Waals surface area contributed by atoms with E-state index in [9.17, 15) is 18.4 Å². The van der Waals surface area contributed by atoms with Crippen LogP contribution in [0.3, 0.4) is 0 Å². The number of nitrogens with one attached hydrogen (secondary N) is 1. The molecule has 156 valence electrons. The van der Waals surface area contributed by atoms with Crippen molar-refractivity contribution in [2.75, 3.05) is 13.1 Å². The second kappa shape index (κ2) is 7.58. The molecule has 8 heteroatoms. The largest absolute Gasteiger partial charge is 0.338 e. The third-order valence-corrected chi connectivity index (χ3v) is 7.23. The number of benzene rings is 1. The Hall–Kier alpha value is -2.61. The second-order valence-corrected chi connectivity index (χ2v) is 9.17. The Balaban J connectivity index is 1.44. The fourth-order valence-corrected chi connectivity index (χ4v) is 5.89. The van der Waals surface area contributed by atoms with Gasteiger partial charge in [-0.15, -0.1) is 11.3 Å². The van der Waals surface area contributed by atoms with E-state index in [-0.39, 0.29) is 17.0 Å². The minimum Gasteiger partial charge on any atom is -0.338 e. The number of hydrogen-bond donors (Lipinski definition) is 1. The Bertz CT molecular complexity index is 1180. The van der Waals surface area contributed by atoms with Crippen molar-refractivity contribution in [2.45, 2.75) is 44.4 Å². The van der Waals surface area contributed by atoms with E-state index in [4.69, 9.17) is 4.98 Å². The third kappa shape index (κ3) is 3.43. The maximum absolute atomic E-state index is 13.5. The van der Waals surface area contributed by atoms with Gasteiger partial charge in [0.2, 0.25) is 0 Å². The van der Waals surface area contributed by atoms with Gasteiger partial charge in [0.05, 0.1) is 5.39 Å². The monoisotopic (exact) mass is 429 g/mol. The molecule has 5 rings (SSSR count). The minimum absolute atomic E-state index is 0.00372. The summed E-state index contributed by atoms with van der Waals surface area (Å²) in [7, 11) is 0. The van der Waals surface area contributed by atoms with Gasteiger partial charge in [0.15, 0.2) is 0 Å². The van der Waals surface area contributed by atoms with Crippen LogP contribution in [0.2, 0.25) is 0 Å². The van der Waals surface area contributed by atoms with Crippen molar-refractivity contribution in [1.82, 2.24) is 14.9 Å². The number of carbonyl (C=O) groups is 1. The van der Waals surface area contributed by atoms with Crippen LogP contribution in [0.25, 0.3) is 10.2 Å². The zero-order valence-corrected chi connectivity index (χ0v) is 17.2. The summed E-state index contributed by atoms with van der Waals surface area (Å²) >= 11 is 1.60. The highest BCUT2D eigenvalue weighted by Gasteiger charge is 2.29. The summed E-state index contributed by atoms with van der Waals surface area (Å²) in [6.45, 7) is 0.865. The molecule has 0 spiro atoms. The lowest BCUT2D eigenvalue weighted by Crippen LogP contribution is -2.40. The van der Waals surface area contributed by atoms with Crippen LogP contribution in [0.1, 0.15) is 58.2 Å². The van der Waals surface area contributed by atoms with Crippen LogP contribution >= 0.6 is 11.3 Å². The number of aromatic nitrogens is 2. The number of thiophene rings is 1. The lowest BCUT2D eigenvalue weighted by atomic mass is 9.95. The molecular formula is C22H21F2N3O2S. The van der Waals surface area contributed by atoms with E-state index in [1.165, 1.54) is 4.88 Å². The van der Waals surface area contributed by atoms with Gasteiger partial charge in [0, 0.05) is 35.5 Å². The van der Waals surface area contributed by atoms with E-state index in [2.05, 4.69) is 4.98 Å². The molecule has 2 aliphatic rings. The van der Waals surface area contributed by atoms with Crippen molar-refractivity contribution in [2.24, 2.45) is 0 Å². The van der Waals surface area contributed by atoms with Crippen LogP contribution in [0.5, 0.6) is 0 Å². The lowest BCUT2D eigenvalue weighted by molar-refractivity contribution is 0.0703. The number of aryl methyl sites for hydroxylation is 2. The number of H-pyrrole nitrogens is 1. The predicted molar refractivity (Wildman–Crippen MR) is 111 cm³/mol. The predicted octanol–water partition coefficient (Wildman–Crippen LogP) is 4.16. The molecule has 3 heterocycles. The molecule has 1 fully saturated rings. The number of hydrogen-bond acceptors (Lipinski definition) is 4. The van der Waals surface area contributed by atoms with Gasteiger partial charge in [0.25, 0.3) is 11.5 Å². The van der Waals surface area contributed by atoms with Gasteiger partial charge in [0.1, 0.15) is 22.3 Å². The summed E-state index contributed by atoms with van der Waals surface area (Å²) < 4.78 is 27.1. The molecule has 5 nitrogen and oxygen atoms in total. The van der Waals surface area contributed by atoms with Gasteiger partial charge in [-0.2, -0.15) is 0 Å². The SMILES string of the molecule is O=C(c1cc(F)cc(F)c1)N1CCC[C@H](c2nc3sc4c(c3c(=O)[nH]2)CCCC4)C1. The summed E-state index contributed by atoms with van der Waals surface area (Å²) in [6.07, 6.45) is 5.69. The minimum atomic E-state index is -0.773. The van der Waals surface area contributed by atoms with Crippen LogP contribution < -0.4 is 5.56 Å². The molecule has 1 amide bonds. The zero-order chi connectivity index (χ0) is 20.8. The van der Waals surface area contributed by atoms with Crippen LogP contribution in [0.15, 0.2) is 23.0 Å². The fraction of sp³-hybridized carbons (Fsp3) is 0.409. The molecule has 1 saturated heterocycles. The molecule has 30 heavy (non-hydrogen) atoms. The number of piperidine rings is 1. The van der Waals surface area contributed by atoms with Crippen molar-refractivity contribution in [3.63, 3.8) is 0 Å². The first-order chi connectivity index (χ1) is 14.5. The van der Waals surface area contributed by atoms with Gasteiger partial charge in [-0.05, 0) is 56.2 Å². The Morgan fingerprint density at radius 2 is 1.90 bits per heavy atom. The normalized spacial score (nSPS) is 19.1. The number of likely N-dealkylation sites (tertiary alicyclic amines) is 1. The van der Waals surface area contributed by atoms with Gasteiger partial charge < -0.3 is 9.88 Å². The second-order valence-electron chi connectivity index (χ2n) is 8.09. The summed E-state index contributed by atoms with van der Waals surface area (Å²) in [6, 6.07) is 2.86. The number of amides is 1. The summed E-state index contributed by atoms with van der Waals surface area (Å²) in [5.74, 6) is -1.48. The molecule has 3 aromatic rings. The highest BCUT2D eigenvalue weighted by Crippen LogP contribution is 2.34.